The van der Waals surface area contributed by atoms with E-state index in [1.807, 2.05) is 47.4 Å². The lowest BCUT2D eigenvalue weighted by molar-refractivity contribution is -0.133. The Hall–Kier alpha value is -2.37. The van der Waals surface area contributed by atoms with E-state index < -0.39 is 0 Å². The molecule has 2 heterocycles. The Bertz CT molecular complexity index is 898. The lowest BCUT2D eigenvalue weighted by atomic mass is 10.2. The number of halogens is 1. The van der Waals surface area contributed by atoms with Crippen LogP contribution in [0.2, 0.25) is 5.02 Å². The van der Waals surface area contributed by atoms with Gasteiger partial charge in [-0.15, -0.1) is 0 Å². The molecule has 0 atom stereocenters. The number of nitrogens with one attached hydrogen (secondary N) is 1. The molecule has 0 aliphatic carbocycles. The number of nitrogens with zero attached hydrogens (tertiary/aromatic N) is 3. The third-order valence-corrected chi connectivity index (χ3v) is 5.46. The average molecular weight is 383 g/mol. The van der Waals surface area contributed by atoms with E-state index in [1.54, 1.807) is 0 Å². The van der Waals surface area contributed by atoms with Gasteiger partial charge in [0.2, 0.25) is 5.91 Å². The summed E-state index contributed by atoms with van der Waals surface area (Å²) in [7, 11) is 0. The van der Waals surface area contributed by atoms with E-state index in [4.69, 9.17) is 11.6 Å². The van der Waals surface area contributed by atoms with Gasteiger partial charge in [-0.05, 0) is 23.8 Å². The summed E-state index contributed by atoms with van der Waals surface area (Å²) in [4.78, 5) is 24.7. The number of rotatable bonds is 5. The molecule has 1 N–H and O–H groups in total. The van der Waals surface area contributed by atoms with Crippen LogP contribution in [0.1, 0.15) is 17.8 Å². The van der Waals surface area contributed by atoms with Crippen molar-refractivity contribution in [3.05, 3.63) is 64.9 Å². The second-order valence-electron chi connectivity index (χ2n) is 6.95. The molecule has 1 saturated heterocycles. The number of aromatic amines is 1. The number of imidazole rings is 1. The fraction of sp³-hybridized carbons (Fsp3) is 0.333. The lowest BCUT2D eigenvalue weighted by Crippen LogP contribution is -2.48. The highest BCUT2D eigenvalue weighted by Gasteiger charge is 2.21. The van der Waals surface area contributed by atoms with Crippen LogP contribution in [0.5, 0.6) is 0 Å². The maximum Gasteiger partial charge on any atom is 0.223 e. The summed E-state index contributed by atoms with van der Waals surface area (Å²) in [6.07, 6.45) is 1.14. The number of aryl methyl sites for hydroxylation is 1. The first-order chi connectivity index (χ1) is 13.2. The second kappa shape index (κ2) is 8.11. The van der Waals surface area contributed by atoms with E-state index in [1.165, 1.54) is 0 Å². The molecule has 1 fully saturated rings. The van der Waals surface area contributed by atoms with Crippen molar-refractivity contribution in [3.8, 4) is 0 Å². The van der Waals surface area contributed by atoms with E-state index >= 15 is 0 Å². The monoisotopic (exact) mass is 382 g/mol. The normalized spacial score (nSPS) is 15.4. The van der Waals surface area contributed by atoms with Crippen LogP contribution in [0.3, 0.4) is 0 Å². The van der Waals surface area contributed by atoms with Gasteiger partial charge in [-0.25, -0.2) is 4.98 Å². The van der Waals surface area contributed by atoms with Crippen LogP contribution in [0.15, 0.2) is 48.5 Å². The number of piperazine rings is 1. The van der Waals surface area contributed by atoms with Gasteiger partial charge < -0.3 is 9.88 Å². The fourth-order valence-electron chi connectivity index (χ4n) is 3.53. The summed E-state index contributed by atoms with van der Waals surface area (Å²) in [5, 5.41) is 0.807. The molecule has 27 heavy (non-hydrogen) atoms. The Morgan fingerprint density at radius 3 is 2.56 bits per heavy atom. The van der Waals surface area contributed by atoms with Crippen molar-refractivity contribution in [3.63, 3.8) is 0 Å². The van der Waals surface area contributed by atoms with Gasteiger partial charge in [0.15, 0.2) is 0 Å². The molecule has 1 aromatic heterocycles. The van der Waals surface area contributed by atoms with Crippen molar-refractivity contribution >= 4 is 28.5 Å². The molecule has 0 radical (unpaired) electrons. The SMILES string of the molecule is O=C(CCc1nc2ccccc2[nH]1)N1CCN(Cc2ccccc2Cl)CC1. The minimum Gasteiger partial charge on any atom is -0.342 e. The Morgan fingerprint density at radius 1 is 1.04 bits per heavy atom. The minimum absolute atomic E-state index is 0.202. The zero-order valence-corrected chi connectivity index (χ0v) is 16.0. The summed E-state index contributed by atoms with van der Waals surface area (Å²) in [6.45, 7) is 4.12. The van der Waals surface area contributed by atoms with Gasteiger partial charge in [0, 0.05) is 50.6 Å². The number of amides is 1. The number of hydrogen-bond acceptors (Lipinski definition) is 3. The standard InChI is InChI=1S/C21H23ClN4O/c22-17-6-2-1-5-16(17)15-25-11-13-26(14-12-25)21(27)10-9-20-23-18-7-3-4-8-19(18)24-20/h1-8H,9-15H2,(H,23,24). The van der Waals surface area contributed by atoms with Crippen LogP contribution in [-0.2, 0) is 17.8 Å². The van der Waals surface area contributed by atoms with Gasteiger partial charge >= 0.3 is 0 Å². The van der Waals surface area contributed by atoms with Gasteiger partial charge in [-0.3, -0.25) is 9.69 Å². The number of hydrogen-bond donors (Lipinski definition) is 1. The number of carbonyl (C=O) groups excluding carboxylic acids is 1. The number of para-hydroxylation sites is 2. The maximum absolute atomic E-state index is 12.6. The molecule has 0 saturated carbocycles. The Kier molecular flexibility index (Phi) is 5.41. The maximum atomic E-state index is 12.6. The number of benzene rings is 2. The fourth-order valence-corrected chi connectivity index (χ4v) is 3.73. The van der Waals surface area contributed by atoms with Crippen LogP contribution in [-0.4, -0.2) is 51.9 Å². The van der Waals surface area contributed by atoms with Crippen LogP contribution in [0.4, 0.5) is 0 Å². The number of fused-ring (bicyclic) bond motifs is 1. The Morgan fingerprint density at radius 2 is 1.78 bits per heavy atom. The quantitative estimate of drug-likeness (QED) is 0.734. The van der Waals surface area contributed by atoms with E-state index in [9.17, 15) is 4.79 Å². The highest BCUT2D eigenvalue weighted by atomic mass is 35.5. The first-order valence-electron chi connectivity index (χ1n) is 9.36. The zero-order chi connectivity index (χ0) is 18.6. The molecule has 1 aliphatic heterocycles. The van der Waals surface area contributed by atoms with E-state index in [-0.39, 0.29) is 5.91 Å². The second-order valence-corrected chi connectivity index (χ2v) is 7.36. The van der Waals surface area contributed by atoms with E-state index in [0.717, 1.165) is 60.2 Å². The molecule has 0 spiro atoms. The molecule has 1 amide bonds. The van der Waals surface area contributed by atoms with Crippen molar-refractivity contribution < 1.29 is 4.79 Å². The van der Waals surface area contributed by atoms with Crippen molar-refractivity contribution in [2.75, 3.05) is 26.2 Å². The van der Waals surface area contributed by atoms with Crippen molar-refractivity contribution in [1.82, 2.24) is 19.8 Å². The summed E-state index contributed by atoms with van der Waals surface area (Å²) >= 11 is 6.25. The third kappa shape index (κ3) is 4.31. The molecule has 5 nitrogen and oxygen atoms in total. The van der Waals surface area contributed by atoms with Gasteiger partial charge in [0.05, 0.1) is 11.0 Å². The van der Waals surface area contributed by atoms with E-state index in [2.05, 4.69) is 20.9 Å². The van der Waals surface area contributed by atoms with Gasteiger partial charge in [-0.2, -0.15) is 0 Å². The molecular weight excluding hydrogens is 360 g/mol. The topological polar surface area (TPSA) is 52.2 Å². The highest BCUT2D eigenvalue weighted by Crippen LogP contribution is 2.18. The predicted molar refractivity (Wildman–Crippen MR) is 108 cm³/mol. The van der Waals surface area contributed by atoms with Crippen LogP contribution < -0.4 is 0 Å². The van der Waals surface area contributed by atoms with Crippen LogP contribution in [0.25, 0.3) is 11.0 Å². The Balaban J connectivity index is 1.26. The van der Waals surface area contributed by atoms with Gasteiger partial charge in [0.25, 0.3) is 0 Å². The van der Waals surface area contributed by atoms with Crippen molar-refractivity contribution in [2.24, 2.45) is 0 Å². The molecule has 140 valence electrons. The first kappa shape index (κ1) is 18.0. The average Bonchev–Trinajstić information content (AvgIpc) is 3.11. The molecule has 3 aromatic rings. The summed E-state index contributed by atoms with van der Waals surface area (Å²) in [6, 6.07) is 15.9. The largest absolute Gasteiger partial charge is 0.342 e. The zero-order valence-electron chi connectivity index (χ0n) is 15.2. The molecule has 4 rings (SSSR count). The number of carbonyl (C=O) groups is 1. The highest BCUT2D eigenvalue weighted by molar-refractivity contribution is 6.31. The molecule has 0 unspecified atom stereocenters. The first-order valence-corrected chi connectivity index (χ1v) is 9.74. The molecule has 0 bridgehead atoms. The molecule has 1 aliphatic rings. The van der Waals surface area contributed by atoms with E-state index in [0.29, 0.717) is 12.8 Å². The minimum atomic E-state index is 0.202. The van der Waals surface area contributed by atoms with Gasteiger partial charge in [-0.1, -0.05) is 41.9 Å². The lowest BCUT2D eigenvalue weighted by Gasteiger charge is -2.35. The van der Waals surface area contributed by atoms with Crippen LogP contribution >= 0.6 is 11.6 Å². The van der Waals surface area contributed by atoms with Crippen molar-refractivity contribution in [2.45, 2.75) is 19.4 Å². The summed E-state index contributed by atoms with van der Waals surface area (Å²) in [5.41, 5.74) is 3.12. The van der Waals surface area contributed by atoms with Crippen LogP contribution in [0, 0.1) is 0 Å². The number of H-pyrrole nitrogens is 1. The number of aromatic nitrogens is 2. The molecule has 6 heteroatoms. The molecular formula is C21H23ClN4O. The summed E-state index contributed by atoms with van der Waals surface area (Å²) in [5.74, 6) is 1.08. The molecule has 2 aromatic carbocycles. The smallest absolute Gasteiger partial charge is 0.223 e. The van der Waals surface area contributed by atoms with Gasteiger partial charge in [0.1, 0.15) is 5.82 Å². The Labute approximate surface area is 163 Å². The predicted octanol–water partition coefficient (Wildman–Crippen LogP) is 3.49. The third-order valence-electron chi connectivity index (χ3n) is 5.09. The van der Waals surface area contributed by atoms with Crippen molar-refractivity contribution in [1.29, 1.82) is 0 Å². The summed E-state index contributed by atoms with van der Waals surface area (Å²) < 4.78 is 0.